The first kappa shape index (κ1) is 24.3. The molecule has 1 fully saturated rings. The van der Waals surface area contributed by atoms with Gasteiger partial charge in [-0.25, -0.2) is 8.93 Å². The number of carbonyl (C=O) groups excluding carboxylic acids is 1. The van der Waals surface area contributed by atoms with Crippen LogP contribution < -0.4 is 10.5 Å². The first-order valence-electron chi connectivity index (χ1n) is 10.7. The molecule has 8 heteroatoms. The van der Waals surface area contributed by atoms with Crippen LogP contribution in [0.1, 0.15) is 68.9 Å². The topological polar surface area (TPSA) is 77.1 Å². The number of rotatable bonds is 6. The average Bonchev–Trinajstić information content (AvgIpc) is 3.00. The molecule has 0 aliphatic heterocycles. The molecular weight excluding hydrogens is 453 g/mol. The van der Waals surface area contributed by atoms with Gasteiger partial charge in [0.25, 0.3) is 5.91 Å². The van der Waals surface area contributed by atoms with E-state index in [0.29, 0.717) is 27.0 Å². The summed E-state index contributed by atoms with van der Waals surface area (Å²) in [7, 11) is -1.50. The Kier molecular flexibility index (Phi) is 7.57. The standard InChI is InChI=1S/C23H31Cl2N3O2S/c1-14-17(22(26)29)12-18(28(14)13-15-8-6-5-7-9-15)16-10-11-19(21(25)20(16)24)31(30)27-23(2,3)4/h10-12,15,27H,5-9,13H2,1-4H3,(H2,26,29). The quantitative estimate of drug-likeness (QED) is 0.539. The smallest absolute Gasteiger partial charge is 0.250 e. The number of aromatic nitrogens is 1. The fraction of sp³-hybridized carbons (Fsp3) is 0.522. The van der Waals surface area contributed by atoms with Crippen molar-refractivity contribution in [1.82, 2.24) is 9.29 Å². The number of hydrogen-bond donors (Lipinski definition) is 2. The summed E-state index contributed by atoms with van der Waals surface area (Å²) in [6.45, 7) is 8.52. The summed E-state index contributed by atoms with van der Waals surface area (Å²) < 4.78 is 17.9. The summed E-state index contributed by atoms with van der Waals surface area (Å²) in [5.41, 5.74) is 8.13. The van der Waals surface area contributed by atoms with Gasteiger partial charge in [0.1, 0.15) is 11.0 Å². The van der Waals surface area contributed by atoms with Gasteiger partial charge in [-0.15, -0.1) is 0 Å². The maximum Gasteiger partial charge on any atom is 0.250 e. The van der Waals surface area contributed by atoms with Gasteiger partial charge in [0.05, 0.1) is 26.2 Å². The Hall–Kier alpha value is -1.34. The van der Waals surface area contributed by atoms with Crippen LogP contribution in [0.25, 0.3) is 11.3 Å². The Morgan fingerprint density at radius 2 is 1.84 bits per heavy atom. The molecule has 1 atom stereocenters. The van der Waals surface area contributed by atoms with Gasteiger partial charge in [0.15, 0.2) is 0 Å². The highest BCUT2D eigenvalue weighted by Gasteiger charge is 2.25. The molecule has 31 heavy (non-hydrogen) atoms. The second-order valence-corrected chi connectivity index (χ2v) is 11.3. The van der Waals surface area contributed by atoms with Crippen LogP contribution in [-0.4, -0.2) is 20.2 Å². The molecule has 1 amide bonds. The first-order chi connectivity index (χ1) is 14.5. The first-order valence-corrected chi connectivity index (χ1v) is 12.6. The van der Waals surface area contributed by atoms with Gasteiger partial charge in [-0.3, -0.25) is 4.79 Å². The Labute approximate surface area is 197 Å². The highest BCUT2D eigenvalue weighted by Crippen LogP contribution is 2.39. The largest absolute Gasteiger partial charge is 0.366 e. The third kappa shape index (κ3) is 5.54. The predicted molar refractivity (Wildman–Crippen MR) is 129 cm³/mol. The van der Waals surface area contributed by atoms with E-state index >= 15 is 0 Å². The van der Waals surface area contributed by atoms with E-state index in [1.165, 1.54) is 32.1 Å². The molecule has 0 saturated heterocycles. The molecular formula is C23H31Cl2N3O2S. The van der Waals surface area contributed by atoms with Crippen molar-refractivity contribution in [3.63, 3.8) is 0 Å². The van der Waals surface area contributed by atoms with Crippen LogP contribution in [0.5, 0.6) is 0 Å². The summed E-state index contributed by atoms with van der Waals surface area (Å²) in [4.78, 5) is 12.5. The van der Waals surface area contributed by atoms with Gasteiger partial charge >= 0.3 is 0 Å². The van der Waals surface area contributed by atoms with Gasteiger partial charge in [-0.1, -0.05) is 48.5 Å². The number of carbonyl (C=O) groups is 1. The molecule has 1 unspecified atom stereocenters. The van der Waals surface area contributed by atoms with Gasteiger partial charge in [0.2, 0.25) is 0 Å². The monoisotopic (exact) mass is 483 g/mol. The van der Waals surface area contributed by atoms with E-state index in [1.54, 1.807) is 12.1 Å². The van der Waals surface area contributed by atoms with Gasteiger partial charge in [-0.05, 0) is 58.6 Å². The number of halogens is 2. The molecule has 0 radical (unpaired) electrons. The molecule has 1 aromatic heterocycles. The van der Waals surface area contributed by atoms with Crippen molar-refractivity contribution in [2.24, 2.45) is 11.7 Å². The molecule has 2 aromatic rings. The minimum atomic E-state index is -1.50. The van der Waals surface area contributed by atoms with E-state index in [-0.39, 0.29) is 10.6 Å². The van der Waals surface area contributed by atoms with E-state index < -0.39 is 16.9 Å². The lowest BCUT2D eigenvalue weighted by Gasteiger charge is -2.25. The zero-order valence-electron chi connectivity index (χ0n) is 18.6. The van der Waals surface area contributed by atoms with E-state index in [2.05, 4.69) is 9.29 Å². The van der Waals surface area contributed by atoms with Crippen LogP contribution in [0.2, 0.25) is 10.0 Å². The molecule has 0 spiro atoms. The highest BCUT2D eigenvalue weighted by molar-refractivity contribution is 7.83. The third-order valence-corrected chi connectivity index (χ3v) is 8.25. The minimum absolute atomic E-state index is 0.248. The minimum Gasteiger partial charge on any atom is -0.366 e. The van der Waals surface area contributed by atoms with Gasteiger partial charge in [0, 0.05) is 23.3 Å². The van der Waals surface area contributed by atoms with Crippen molar-refractivity contribution in [3.05, 3.63) is 39.5 Å². The maximum absolute atomic E-state index is 12.7. The van der Waals surface area contributed by atoms with Crippen LogP contribution in [0.3, 0.4) is 0 Å². The van der Waals surface area contributed by atoms with E-state index in [1.807, 2.05) is 33.8 Å². The van der Waals surface area contributed by atoms with Crippen LogP contribution in [0.15, 0.2) is 23.1 Å². The molecule has 170 valence electrons. The van der Waals surface area contributed by atoms with E-state index in [4.69, 9.17) is 28.9 Å². The van der Waals surface area contributed by atoms with Crippen molar-refractivity contribution >= 4 is 40.1 Å². The fourth-order valence-corrected chi connectivity index (χ4v) is 6.00. The fourth-order valence-electron chi connectivity index (χ4n) is 4.19. The SMILES string of the molecule is Cc1c(C(N)=O)cc(-c2ccc(S(=O)NC(C)(C)C)c(Cl)c2Cl)n1CC1CCCCC1. The second kappa shape index (κ2) is 9.65. The van der Waals surface area contributed by atoms with Crippen molar-refractivity contribution in [1.29, 1.82) is 0 Å². The summed E-state index contributed by atoms with van der Waals surface area (Å²) in [5, 5.41) is 0.569. The van der Waals surface area contributed by atoms with Crippen molar-refractivity contribution in [3.8, 4) is 11.3 Å². The van der Waals surface area contributed by atoms with E-state index in [9.17, 15) is 9.00 Å². The summed E-state index contributed by atoms with van der Waals surface area (Å²) in [6.07, 6.45) is 6.10. The van der Waals surface area contributed by atoms with Crippen molar-refractivity contribution < 1.29 is 9.00 Å². The lowest BCUT2D eigenvalue weighted by molar-refractivity contribution is 0.0999. The van der Waals surface area contributed by atoms with Gasteiger partial charge in [-0.2, -0.15) is 0 Å². The number of nitrogens with two attached hydrogens (primary N) is 1. The zero-order valence-corrected chi connectivity index (χ0v) is 20.9. The van der Waals surface area contributed by atoms with Crippen LogP contribution in [-0.2, 0) is 17.5 Å². The Morgan fingerprint density at radius 3 is 2.42 bits per heavy atom. The Morgan fingerprint density at radius 1 is 1.19 bits per heavy atom. The number of primary amides is 1. The lowest BCUT2D eigenvalue weighted by atomic mass is 9.89. The summed E-state index contributed by atoms with van der Waals surface area (Å²) >= 11 is 13.2. The lowest BCUT2D eigenvalue weighted by Crippen LogP contribution is -2.37. The number of benzene rings is 1. The average molecular weight is 484 g/mol. The Balaban J connectivity index is 2.05. The number of nitrogens with zero attached hydrogens (tertiary/aromatic N) is 1. The highest BCUT2D eigenvalue weighted by atomic mass is 35.5. The van der Waals surface area contributed by atoms with Crippen LogP contribution in [0.4, 0.5) is 0 Å². The normalized spacial score (nSPS) is 16.5. The second-order valence-electron chi connectivity index (χ2n) is 9.37. The third-order valence-electron chi connectivity index (χ3n) is 5.72. The summed E-state index contributed by atoms with van der Waals surface area (Å²) in [5.74, 6) is 0.0896. The molecule has 1 aliphatic rings. The molecule has 1 heterocycles. The summed E-state index contributed by atoms with van der Waals surface area (Å²) in [6, 6.07) is 5.35. The number of nitrogens with one attached hydrogen (secondary N) is 1. The van der Waals surface area contributed by atoms with Crippen molar-refractivity contribution in [2.75, 3.05) is 0 Å². The van der Waals surface area contributed by atoms with Gasteiger partial charge < -0.3 is 10.3 Å². The van der Waals surface area contributed by atoms with Crippen LogP contribution >= 0.6 is 23.2 Å². The molecule has 1 saturated carbocycles. The maximum atomic E-state index is 12.7. The van der Waals surface area contributed by atoms with E-state index in [0.717, 1.165) is 17.9 Å². The van der Waals surface area contributed by atoms with Crippen molar-refractivity contribution in [2.45, 2.75) is 76.8 Å². The molecule has 0 bridgehead atoms. The Bertz CT molecular complexity index is 1010. The number of amides is 1. The molecule has 1 aromatic carbocycles. The molecule has 3 N–H and O–H groups in total. The zero-order chi connectivity index (χ0) is 22.9. The molecule has 1 aliphatic carbocycles. The number of hydrogen-bond acceptors (Lipinski definition) is 2. The molecule has 5 nitrogen and oxygen atoms in total. The predicted octanol–water partition coefficient (Wildman–Crippen LogP) is 5.86. The molecule has 3 rings (SSSR count). The van der Waals surface area contributed by atoms with Crippen LogP contribution in [0, 0.1) is 12.8 Å².